The van der Waals surface area contributed by atoms with Crippen LogP contribution in [0.25, 0.3) is 0 Å². The van der Waals surface area contributed by atoms with Crippen LogP contribution in [0, 0.1) is 5.92 Å². The Balaban J connectivity index is 2.08. The van der Waals surface area contributed by atoms with E-state index in [0.29, 0.717) is 10.7 Å². The van der Waals surface area contributed by atoms with Gasteiger partial charge in [-0.15, -0.1) is 0 Å². The normalized spacial score (nSPS) is 24.4. The van der Waals surface area contributed by atoms with Gasteiger partial charge < -0.3 is 9.64 Å². The number of aromatic nitrogens is 2. The van der Waals surface area contributed by atoms with Gasteiger partial charge in [0.05, 0.1) is 6.10 Å². The molecule has 0 aliphatic carbocycles. The van der Waals surface area contributed by atoms with Gasteiger partial charge in [-0.1, -0.05) is 22.9 Å². The standard InChI is InChI=1S/C13H20BrN3O/c1-9(2)18-13-6-12(15-8-16-13)17-5-4-10(3)11(14)7-17/h6,8-11H,4-5,7H2,1-3H3. The van der Waals surface area contributed by atoms with Crippen LogP contribution in [0.2, 0.25) is 0 Å². The number of alkyl halides is 1. The first kappa shape index (κ1) is 13.6. The minimum absolute atomic E-state index is 0.137. The highest BCUT2D eigenvalue weighted by Crippen LogP contribution is 2.27. The zero-order chi connectivity index (χ0) is 13.1. The van der Waals surface area contributed by atoms with Gasteiger partial charge >= 0.3 is 0 Å². The summed E-state index contributed by atoms with van der Waals surface area (Å²) in [5.74, 6) is 2.33. The number of piperidine rings is 1. The molecule has 0 N–H and O–H groups in total. The van der Waals surface area contributed by atoms with Crippen LogP contribution in [-0.4, -0.2) is 34.0 Å². The average molecular weight is 314 g/mol. The van der Waals surface area contributed by atoms with Crippen molar-refractivity contribution in [3.05, 3.63) is 12.4 Å². The number of hydrogen-bond acceptors (Lipinski definition) is 4. The second-order valence-electron chi connectivity index (χ2n) is 5.11. The van der Waals surface area contributed by atoms with E-state index in [9.17, 15) is 0 Å². The molecule has 0 spiro atoms. The smallest absolute Gasteiger partial charge is 0.218 e. The van der Waals surface area contributed by atoms with Gasteiger partial charge in [0.1, 0.15) is 12.1 Å². The zero-order valence-electron chi connectivity index (χ0n) is 11.1. The Bertz CT molecular complexity index is 400. The van der Waals surface area contributed by atoms with E-state index in [1.807, 2.05) is 19.9 Å². The van der Waals surface area contributed by atoms with E-state index < -0.39 is 0 Å². The van der Waals surface area contributed by atoms with Crippen molar-refractivity contribution < 1.29 is 4.74 Å². The molecule has 0 aromatic carbocycles. The SMILES string of the molecule is CC(C)Oc1cc(N2CCC(C)C(Br)C2)ncn1. The minimum Gasteiger partial charge on any atom is -0.475 e. The van der Waals surface area contributed by atoms with Crippen molar-refractivity contribution in [2.45, 2.75) is 38.1 Å². The molecule has 0 radical (unpaired) electrons. The number of rotatable bonds is 3. The topological polar surface area (TPSA) is 38.2 Å². The van der Waals surface area contributed by atoms with E-state index in [4.69, 9.17) is 4.74 Å². The predicted molar refractivity (Wildman–Crippen MR) is 76.5 cm³/mol. The summed E-state index contributed by atoms with van der Waals surface area (Å²) in [7, 11) is 0. The Morgan fingerprint density at radius 2 is 2.22 bits per heavy atom. The highest BCUT2D eigenvalue weighted by Gasteiger charge is 2.25. The molecule has 2 unspecified atom stereocenters. The second-order valence-corrected chi connectivity index (χ2v) is 6.29. The van der Waals surface area contributed by atoms with Crippen molar-refractivity contribution in [3.63, 3.8) is 0 Å². The number of nitrogens with zero attached hydrogens (tertiary/aromatic N) is 3. The van der Waals surface area contributed by atoms with Crippen LogP contribution < -0.4 is 9.64 Å². The molecule has 1 saturated heterocycles. The Labute approximate surface area is 117 Å². The summed E-state index contributed by atoms with van der Waals surface area (Å²) >= 11 is 3.73. The van der Waals surface area contributed by atoms with E-state index in [-0.39, 0.29) is 6.10 Å². The molecule has 2 rings (SSSR count). The Morgan fingerprint density at radius 1 is 1.44 bits per heavy atom. The Kier molecular flexibility index (Phi) is 4.43. The molecule has 5 heteroatoms. The van der Waals surface area contributed by atoms with Gasteiger partial charge in [0, 0.05) is 24.0 Å². The van der Waals surface area contributed by atoms with E-state index in [1.54, 1.807) is 6.33 Å². The van der Waals surface area contributed by atoms with Gasteiger partial charge in [-0.2, -0.15) is 0 Å². The third-order valence-electron chi connectivity index (χ3n) is 3.17. The van der Waals surface area contributed by atoms with E-state index in [1.165, 1.54) is 6.42 Å². The highest BCUT2D eigenvalue weighted by atomic mass is 79.9. The molecular formula is C13H20BrN3O. The van der Waals surface area contributed by atoms with E-state index >= 15 is 0 Å². The number of hydrogen-bond donors (Lipinski definition) is 0. The van der Waals surface area contributed by atoms with Gasteiger partial charge in [0.2, 0.25) is 5.88 Å². The average Bonchev–Trinajstić information content (AvgIpc) is 2.32. The van der Waals surface area contributed by atoms with Crippen LogP contribution in [0.5, 0.6) is 5.88 Å². The van der Waals surface area contributed by atoms with Crippen LogP contribution in [0.15, 0.2) is 12.4 Å². The van der Waals surface area contributed by atoms with Crippen LogP contribution in [0.3, 0.4) is 0 Å². The quantitative estimate of drug-likeness (QED) is 0.804. The van der Waals surface area contributed by atoms with Gasteiger partial charge in [0.15, 0.2) is 0 Å². The molecule has 0 amide bonds. The fourth-order valence-electron chi connectivity index (χ4n) is 2.04. The lowest BCUT2D eigenvalue weighted by atomic mass is 9.99. The minimum atomic E-state index is 0.137. The molecule has 4 nitrogen and oxygen atoms in total. The van der Waals surface area contributed by atoms with Crippen molar-refractivity contribution >= 4 is 21.7 Å². The Morgan fingerprint density at radius 3 is 2.89 bits per heavy atom. The molecule has 1 fully saturated rings. The van der Waals surface area contributed by atoms with Gasteiger partial charge in [-0.25, -0.2) is 9.97 Å². The van der Waals surface area contributed by atoms with E-state index in [0.717, 1.165) is 24.8 Å². The molecule has 0 saturated carbocycles. The molecule has 1 aliphatic rings. The number of halogens is 1. The summed E-state index contributed by atoms with van der Waals surface area (Å²) in [6, 6.07) is 1.93. The maximum absolute atomic E-state index is 5.60. The fourth-order valence-corrected chi connectivity index (χ4v) is 2.65. The molecule has 18 heavy (non-hydrogen) atoms. The molecule has 100 valence electrons. The van der Waals surface area contributed by atoms with Gasteiger partial charge in [-0.3, -0.25) is 0 Å². The lowest BCUT2D eigenvalue weighted by molar-refractivity contribution is 0.232. The summed E-state index contributed by atoms with van der Waals surface area (Å²) < 4.78 is 5.60. The highest BCUT2D eigenvalue weighted by molar-refractivity contribution is 9.09. The fraction of sp³-hybridized carbons (Fsp3) is 0.692. The summed E-state index contributed by atoms with van der Waals surface area (Å²) in [5.41, 5.74) is 0. The maximum Gasteiger partial charge on any atom is 0.218 e. The number of ether oxygens (including phenoxy) is 1. The molecule has 0 bridgehead atoms. The van der Waals surface area contributed by atoms with Crippen molar-refractivity contribution in [2.24, 2.45) is 5.92 Å². The number of anilines is 1. The van der Waals surface area contributed by atoms with Gasteiger partial charge in [-0.05, 0) is 26.2 Å². The van der Waals surface area contributed by atoms with Crippen LogP contribution in [0.4, 0.5) is 5.82 Å². The van der Waals surface area contributed by atoms with Crippen LogP contribution in [-0.2, 0) is 0 Å². The zero-order valence-corrected chi connectivity index (χ0v) is 12.7. The summed E-state index contributed by atoms with van der Waals surface area (Å²) in [6.07, 6.45) is 2.90. The molecule has 2 atom stereocenters. The second kappa shape index (κ2) is 5.87. The first-order valence-electron chi connectivity index (χ1n) is 6.44. The maximum atomic E-state index is 5.60. The van der Waals surface area contributed by atoms with Crippen LogP contribution >= 0.6 is 15.9 Å². The third kappa shape index (κ3) is 3.34. The largest absolute Gasteiger partial charge is 0.475 e. The molecule has 1 aliphatic heterocycles. The molecular weight excluding hydrogens is 294 g/mol. The van der Waals surface area contributed by atoms with Crippen molar-refractivity contribution in [2.75, 3.05) is 18.0 Å². The predicted octanol–water partition coefficient (Wildman–Crippen LogP) is 2.87. The molecule has 2 heterocycles. The summed E-state index contributed by atoms with van der Waals surface area (Å²) in [4.78, 5) is 11.3. The molecule has 1 aromatic rings. The van der Waals surface area contributed by atoms with Crippen LogP contribution in [0.1, 0.15) is 27.2 Å². The van der Waals surface area contributed by atoms with Gasteiger partial charge in [0.25, 0.3) is 0 Å². The lowest BCUT2D eigenvalue weighted by Gasteiger charge is -2.34. The van der Waals surface area contributed by atoms with Crippen molar-refractivity contribution in [1.82, 2.24) is 9.97 Å². The monoisotopic (exact) mass is 313 g/mol. The van der Waals surface area contributed by atoms with Crippen molar-refractivity contribution in [1.29, 1.82) is 0 Å². The third-order valence-corrected chi connectivity index (χ3v) is 4.37. The first-order valence-corrected chi connectivity index (χ1v) is 7.35. The Hall–Kier alpha value is -0.840. The van der Waals surface area contributed by atoms with E-state index in [2.05, 4.69) is 37.7 Å². The lowest BCUT2D eigenvalue weighted by Crippen LogP contribution is -2.40. The first-order chi connectivity index (χ1) is 8.56. The summed E-state index contributed by atoms with van der Waals surface area (Å²) in [5, 5.41) is 0. The summed E-state index contributed by atoms with van der Waals surface area (Å²) in [6.45, 7) is 8.31. The molecule has 1 aromatic heterocycles. The van der Waals surface area contributed by atoms with Crippen molar-refractivity contribution in [3.8, 4) is 5.88 Å².